The third-order valence-electron chi connectivity index (χ3n) is 7.52. The van der Waals surface area contributed by atoms with Gasteiger partial charge in [0, 0.05) is 17.8 Å². The molecule has 1 aliphatic heterocycles. The van der Waals surface area contributed by atoms with Crippen LogP contribution in [0.5, 0.6) is 5.75 Å². The lowest BCUT2D eigenvalue weighted by Gasteiger charge is -2.37. The second-order valence-electron chi connectivity index (χ2n) is 10.4. The Kier molecular flexibility index (Phi) is 6.90. The Morgan fingerprint density at radius 3 is 2.53 bits per heavy atom. The van der Waals surface area contributed by atoms with Crippen LogP contribution in [-0.2, 0) is 6.61 Å². The maximum Gasteiger partial charge on any atom is 0.134 e. The number of aliphatic imine (C=N–C) groups is 1. The summed E-state index contributed by atoms with van der Waals surface area (Å²) in [4.78, 5) is 4.73. The van der Waals surface area contributed by atoms with Gasteiger partial charge >= 0.3 is 0 Å². The van der Waals surface area contributed by atoms with E-state index in [9.17, 15) is 0 Å². The number of ether oxygens (including phenoxy) is 1. The number of fused-ring (bicyclic) bond motifs is 3. The molecule has 190 valence electrons. The van der Waals surface area contributed by atoms with Gasteiger partial charge in [-0.05, 0) is 101 Å². The van der Waals surface area contributed by atoms with Crippen molar-refractivity contribution in [3.05, 3.63) is 135 Å². The van der Waals surface area contributed by atoms with Crippen molar-refractivity contribution in [2.45, 2.75) is 38.8 Å². The number of halogens is 1. The molecule has 6 rings (SSSR count). The van der Waals surface area contributed by atoms with Gasteiger partial charge in [0.25, 0.3) is 0 Å². The SMILES string of the molecule is Cc1cc(C)cc(COc2ccc(C=Nc3ccc([C@@H]4Nc5ccccc5[C@H]5C=CC[C@@H]54)cc3)cc2Br)c1. The van der Waals surface area contributed by atoms with Crippen LogP contribution in [-0.4, -0.2) is 6.21 Å². The van der Waals surface area contributed by atoms with Crippen molar-refractivity contribution in [3.63, 3.8) is 0 Å². The highest BCUT2D eigenvalue weighted by molar-refractivity contribution is 9.10. The molecule has 0 radical (unpaired) electrons. The average molecular weight is 564 g/mol. The Morgan fingerprint density at radius 2 is 1.74 bits per heavy atom. The van der Waals surface area contributed by atoms with Gasteiger partial charge < -0.3 is 10.1 Å². The molecule has 1 heterocycles. The molecule has 0 aromatic heterocycles. The number of aryl methyl sites for hydroxylation is 2. The predicted octanol–water partition coefficient (Wildman–Crippen LogP) is 9.22. The molecule has 0 saturated carbocycles. The first-order chi connectivity index (χ1) is 18.5. The van der Waals surface area contributed by atoms with E-state index in [2.05, 4.69) is 114 Å². The number of hydrogen-bond donors (Lipinski definition) is 1. The summed E-state index contributed by atoms with van der Waals surface area (Å²) in [5.74, 6) is 1.86. The zero-order valence-corrected chi connectivity index (χ0v) is 23.3. The fourth-order valence-corrected chi connectivity index (χ4v) is 6.33. The maximum atomic E-state index is 6.07. The maximum absolute atomic E-state index is 6.07. The highest BCUT2D eigenvalue weighted by Gasteiger charge is 2.37. The molecule has 0 unspecified atom stereocenters. The normalized spacial score (nSPS) is 19.7. The van der Waals surface area contributed by atoms with Crippen molar-refractivity contribution in [3.8, 4) is 5.75 Å². The smallest absolute Gasteiger partial charge is 0.134 e. The van der Waals surface area contributed by atoms with Crippen LogP contribution >= 0.6 is 15.9 Å². The number of nitrogens with zero attached hydrogens (tertiary/aromatic N) is 1. The minimum absolute atomic E-state index is 0.301. The zero-order valence-electron chi connectivity index (χ0n) is 21.7. The van der Waals surface area contributed by atoms with Crippen molar-refractivity contribution in [2.24, 2.45) is 10.9 Å². The van der Waals surface area contributed by atoms with E-state index in [1.807, 2.05) is 24.4 Å². The van der Waals surface area contributed by atoms with E-state index in [0.717, 1.165) is 27.9 Å². The number of hydrogen-bond acceptors (Lipinski definition) is 3. The Labute approximate surface area is 233 Å². The van der Waals surface area contributed by atoms with E-state index in [4.69, 9.17) is 9.73 Å². The summed E-state index contributed by atoms with van der Waals surface area (Å²) in [6, 6.07) is 30.3. The van der Waals surface area contributed by atoms with Gasteiger partial charge in [0.15, 0.2) is 0 Å². The molecule has 0 bridgehead atoms. The first kappa shape index (κ1) is 24.7. The van der Waals surface area contributed by atoms with E-state index in [1.165, 1.54) is 33.5 Å². The Bertz CT molecular complexity index is 1500. The van der Waals surface area contributed by atoms with Crippen molar-refractivity contribution < 1.29 is 4.74 Å². The average Bonchev–Trinajstić information content (AvgIpc) is 3.41. The topological polar surface area (TPSA) is 33.6 Å². The summed E-state index contributed by atoms with van der Waals surface area (Å²) in [5, 5.41) is 3.80. The largest absolute Gasteiger partial charge is 0.488 e. The second-order valence-corrected chi connectivity index (χ2v) is 11.2. The van der Waals surface area contributed by atoms with E-state index in [-0.39, 0.29) is 0 Å². The summed E-state index contributed by atoms with van der Waals surface area (Å²) in [6.07, 6.45) is 7.73. The molecule has 4 aromatic carbocycles. The molecule has 0 spiro atoms. The Hall–Kier alpha value is -3.63. The van der Waals surface area contributed by atoms with Crippen LogP contribution in [0.3, 0.4) is 0 Å². The lowest BCUT2D eigenvalue weighted by molar-refractivity contribution is 0.304. The summed E-state index contributed by atoms with van der Waals surface area (Å²) in [7, 11) is 0. The minimum Gasteiger partial charge on any atom is -0.488 e. The molecule has 3 atom stereocenters. The molecule has 4 aromatic rings. The second kappa shape index (κ2) is 10.6. The van der Waals surface area contributed by atoms with Gasteiger partial charge in [0.05, 0.1) is 16.2 Å². The molecule has 0 saturated heterocycles. The molecule has 38 heavy (non-hydrogen) atoms. The summed E-state index contributed by atoms with van der Waals surface area (Å²) in [6.45, 7) is 4.77. The molecule has 2 aliphatic rings. The molecule has 3 nitrogen and oxygen atoms in total. The van der Waals surface area contributed by atoms with Gasteiger partial charge in [-0.2, -0.15) is 0 Å². The molecule has 0 fully saturated rings. The standard InChI is InChI=1S/C34H31BrN2O/c1-22-16-23(2)18-25(17-22)21-38-33-15-10-24(19-31(33)35)20-36-27-13-11-26(12-14-27)34-30-8-5-7-28(30)29-6-3-4-9-32(29)37-34/h3-7,9-20,28,30,34,37H,8,21H2,1-2H3/t28-,30+,34+/m1/s1. The molecule has 1 N–H and O–H groups in total. The van der Waals surface area contributed by atoms with Gasteiger partial charge in [-0.25, -0.2) is 0 Å². The number of benzene rings is 4. The van der Waals surface area contributed by atoms with Crippen molar-refractivity contribution in [2.75, 3.05) is 5.32 Å². The van der Waals surface area contributed by atoms with E-state index >= 15 is 0 Å². The van der Waals surface area contributed by atoms with Gasteiger partial charge in [-0.3, -0.25) is 4.99 Å². The molecular formula is C34H31BrN2O. The van der Waals surface area contributed by atoms with Gasteiger partial charge in [0.1, 0.15) is 12.4 Å². The summed E-state index contributed by atoms with van der Waals surface area (Å²) in [5.41, 5.74) is 9.61. The lowest BCUT2D eigenvalue weighted by atomic mass is 9.77. The number of rotatable bonds is 6. The monoisotopic (exact) mass is 562 g/mol. The fourth-order valence-electron chi connectivity index (χ4n) is 5.82. The van der Waals surface area contributed by atoms with E-state index in [1.54, 1.807) is 0 Å². The highest BCUT2D eigenvalue weighted by atomic mass is 79.9. The quantitative estimate of drug-likeness (QED) is 0.187. The van der Waals surface area contributed by atoms with Gasteiger partial charge in [-0.1, -0.05) is 71.8 Å². The van der Waals surface area contributed by atoms with Crippen LogP contribution in [0.4, 0.5) is 11.4 Å². The predicted molar refractivity (Wildman–Crippen MR) is 161 cm³/mol. The van der Waals surface area contributed by atoms with Crippen LogP contribution in [0, 0.1) is 19.8 Å². The third kappa shape index (κ3) is 5.19. The fraction of sp³-hybridized carbons (Fsp3) is 0.206. The lowest BCUT2D eigenvalue weighted by Crippen LogP contribution is -2.28. The number of allylic oxidation sites excluding steroid dienone is 2. The molecule has 0 amide bonds. The number of anilines is 1. The molecule has 4 heteroatoms. The minimum atomic E-state index is 0.301. The first-order valence-electron chi connectivity index (χ1n) is 13.2. The summed E-state index contributed by atoms with van der Waals surface area (Å²) >= 11 is 3.66. The van der Waals surface area contributed by atoms with Crippen molar-refractivity contribution >= 4 is 33.5 Å². The van der Waals surface area contributed by atoms with E-state index in [0.29, 0.717) is 24.5 Å². The van der Waals surface area contributed by atoms with Crippen LogP contribution in [0.15, 0.2) is 107 Å². The van der Waals surface area contributed by atoms with Crippen LogP contribution < -0.4 is 10.1 Å². The summed E-state index contributed by atoms with van der Waals surface area (Å²) < 4.78 is 6.99. The molecular weight excluding hydrogens is 532 g/mol. The van der Waals surface area contributed by atoms with Crippen LogP contribution in [0.2, 0.25) is 0 Å². The van der Waals surface area contributed by atoms with Crippen LogP contribution in [0.1, 0.15) is 51.8 Å². The Balaban J connectivity index is 1.12. The van der Waals surface area contributed by atoms with Gasteiger partial charge in [-0.15, -0.1) is 0 Å². The van der Waals surface area contributed by atoms with Crippen molar-refractivity contribution in [1.82, 2.24) is 0 Å². The highest BCUT2D eigenvalue weighted by Crippen LogP contribution is 2.49. The number of nitrogens with one attached hydrogen (secondary N) is 1. The van der Waals surface area contributed by atoms with E-state index < -0.39 is 0 Å². The first-order valence-corrected chi connectivity index (χ1v) is 14.0. The van der Waals surface area contributed by atoms with Gasteiger partial charge in [0.2, 0.25) is 0 Å². The third-order valence-corrected chi connectivity index (χ3v) is 8.14. The van der Waals surface area contributed by atoms with Crippen molar-refractivity contribution in [1.29, 1.82) is 0 Å². The zero-order chi connectivity index (χ0) is 26.1. The molecule has 1 aliphatic carbocycles. The Morgan fingerprint density at radius 1 is 0.947 bits per heavy atom. The number of para-hydroxylation sites is 1. The van der Waals surface area contributed by atoms with Crippen LogP contribution in [0.25, 0.3) is 0 Å².